The number of rotatable bonds is 5. The van der Waals surface area contributed by atoms with Gasteiger partial charge in [0.05, 0.1) is 0 Å². The van der Waals surface area contributed by atoms with E-state index in [1.54, 1.807) is 54.7 Å². The highest BCUT2D eigenvalue weighted by Gasteiger charge is 2.17. The topological polar surface area (TPSA) is 96.5 Å². The normalized spacial score (nSPS) is 11.2. The van der Waals surface area contributed by atoms with E-state index in [9.17, 15) is 14.9 Å². The summed E-state index contributed by atoms with van der Waals surface area (Å²) in [6, 6.07) is 18.9. The minimum absolute atomic E-state index is 0.0366. The monoisotopic (exact) mass is 470 g/mol. The molecule has 0 aliphatic carbocycles. The maximum atomic E-state index is 13.2. The smallest absolute Gasteiger partial charge is 0.269 e. The SMILES string of the molecule is Cc1ccc(NC(=O)/C(C#N)=C/c2c(Oc3ccc(Cl)cc3)nc3ccccn3c2=O)cc1C. The van der Waals surface area contributed by atoms with Gasteiger partial charge in [0.15, 0.2) is 0 Å². The molecule has 4 rings (SSSR count). The molecule has 1 N–H and O–H groups in total. The molecule has 34 heavy (non-hydrogen) atoms. The molecule has 0 fully saturated rings. The van der Waals surface area contributed by atoms with E-state index in [4.69, 9.17) is 16.3 Å². The number of nitrogens with zero attached hydrogens (tertiary/aromatic N) is 3. The van der Waals surface area contributed by atoms with Crippen molar-refractivity contribution in [3.05, 3.63) is 105 Å². The van der Waals surface area contributed by atoms with Gasteiger partial charge in [-0.25, -0.2) is 0 Å². The van der Waals surface area contributed by atoms with Gasteiger partial charge in [0.1, 0.15) is 28.6 Å². The fourth-order valence-electron chi connectivity index (χ4n) is 3.21. The molecule has 1 amide bonds. The highest BCUT2D eigenvalue weighted by Crippen LogP contribution is 2.25. The van der Waals surface area contributed by atoms with Crippen LogP contribution in [0.5, 0.6) is 11.6 Å². The fraction of sp³-hybridized carbons (Fsp3) is 0.0769. The van der Waals surface area contributed by atoms with Crippen LogP contribution in [0.1, 0.15) is 16.7 Å². The Kier molecular flexibility index (Phi) is 6.44. The second kappa shape index (κ2) is 9.61. The van der Waals surface area contributed by atoms with Crippen molar-refractivity contribution in [3.63, 3.8) is 0 Å². The number of fused-ring (bicyclic) bond motifs is 1. The Bertz CT molecular complexity index is 1530. The van der Waals surface area contributed by atoms with Gasteiger partial charge >= 0.3 is 0 Å². The number of amides is 1. The van der Waals surface area contributed by atoms with Gasteiger partial charge in [-0.15, -0.1) is 0 Å². The molecule has 7 nitrogen and oxygen atoms in total. The molecule has 0 saturated carbocycles. The van der Waals surface area contributed by atoms with Gasteiger partial charge in [-0.3, -0.25) is 14.0 Å². The first-order valence-corrected chi connectivity index (χ1v) is 10.7. The van der Waals surface area contributed by atoms with Crippen LogP contribution >= 0.6 is 11.6 Å². The van der Waals surface area contributed by atoms with Crippen LogP contribution in [0, 0.1) is 25.2 Å². The molecular weight excluding hydrogens is 452 g/mol. The molecule has 2 aromatic heterocycles. The van der Waals surface area contributed by atoms with Crippen LogP contribution in [-0.4, -0.2) is 15.3 Å². The molecule has 2 aromatic carbocycles. The highest BCUT2D eigenvalue weighted by atomic mass is 35.5. The molecule has 0 aliphatic heterocycles. The predicted molar refractivity (Wildman–Crippen MR) is 131 cm³/mol. The summed E-state index contributed by atoms with van der Waals surface area (Å²) in [7, 11) is 0. The van der Waals surface area contributed by atoms with Crippen molar-refractivity contribution in [2.45, 2.75) is 13.8 Å². The van der Waals surface area contributed by atoms with Gasteiger partial charge in [-0.1, -0.05) is 23.7 Å². The molecule has 0 bridgehead atoms. The van der Waals surface area contributed by atoms with Crippen molar-refractivity contribution in [1.29, 1.82) is 5.26 Å². The summed E-state index contributed by atoms with van der Waals surface area (Å²) in [5.41, 5.74) is 2.18. The Balaban J connectivity index is 1.78. The lowest BCUT2D eigenvalue weighted by Crippen LogP contribution is -2.20. The summed E-state index contributed by atoms with van der Waals surface area (Å²) in [6.07, 6.45) is 2.74. The van der Waals surface area contributed by atoms with Crippen molar-refractivity contribution < 1.29 is 9.53 Å². The van der Waals surface area contributed by atoms with Gasteiger partial charge in [-0.2, -0.15) is 10.2 Å². The van der Waals surface area contributed by atoms with E-state index in [1.807, 2.05) is 32.0 Å². The van der Waals surface area contributed by atoms with Crippen LogP contribution in [-0.2, 0) is 4.79 Å². The summed E-state index contributed by atoms with van der Waals surface area (Å²) in [6.45, 7) is 3.89. The first-order valence-electron chi connectivity index (χ1n) is 10.3. The highest BCUT2D eigenvalue weighted by molar-refractivity contribution is 6.30. The molecule has 0 atom stereocenters. The molecule has 0 radical (unpaired) electrons. The van der Waals surface area contributed by atoms with Gasteiger partial charge in [0.2, 0.25) is 5.88 Å². The van der Waals surface area contributed by atoms with Crippen LogP contribution in [0.25, 0.3) is 11.7 Å². The quantitative estimate of drug-likeness (QED) is 0.315. The lowest BCUT2D eigenvalue weighted by atomic mass is 10.1. The van der Waals surface area contributed by atoms with Crippen LogP contribution < -0.4 is 15.6 Å². The van der Waals surface area contributed by atoms with Crippen molar-refractivity contribution in [3.8, 4) is 17.7 Å². The fourth-order valence-corrected chi connectivity index (χ4v) is 3.33. The molecule has 0 spiro atoms. The molecule has 168 valence electrons. The Morgan fingerprint density at radius 1 is 1.12 bits per heavy atom. The van der Waals surface area contributed by atoms with E-state index in [0.717, 1.165) is 11.1 Å². The largest absolute Gasteiger partial charge is 0.438 e. The number of nitriles is 1. The Morgan fingerprint density at radius 2 is 1.88 bits per heavy atom. The Morgan fingerprint density at radius 3 is 2.59 bits per heavy atom. The molecule has 8 heteroatoms. The zero-order chi connectivity index (χ0) is 24.2. The minimum atomic E-state index is -0.652. The number of ether oxygens (including phenoxy) is 1. The van der Waals surface area contributed by atoms with Crippen molar-refractivity contribution in [2.24, 2.45) is 0 Å². The summed E-state index contributed by atoms with van der Waals surface area (Å²) >= 11 is 5.94. The number of pyridine rings is 1. The number of nitrogens with one attached hydrogen (secondary N) is 1. The third kappa shape index (κ3) is 4.82. The second-order valence-corrected chi connectivity index (χ2v) is 7.98. The van der Waals surface area contributed by atoms with Crippen molar-refractivity contribution in [1.82, 2.24) is 9.38 Å². The first-order chi connectivity index (χ1) is 16.4. The molecule has 0 saturated heterocycles. The number of hydrogen-bond donors (Lipinski definition) is 1. The lowest BCUT2D eigenvalue weighted by molar-refractivity contribution is -0.112. The summed E-state index contributed by atoms with van der Waals surface area (Å²) < 4.78 is 7.17. The van der Waals surface area contributed by atoms with Crippen LogP contribution in [0.15, 0.2) is 77.2 Å². The van der Waals surface area contributed by atoms with E-state index >= 15 is 0 Å². The van der Waals surface area contributed by atoms with E-state index < -0.39 is 11.5 Å². The summed E-state index contributed by atoms with van der Waals surface area (Å²) in [5, 5.41) is 12.9. The maximum Gasteiger partial charge on any atom is 0.269 e. The number of benzene rings is 2. The number of carbonyl (C=O) groups is 1. The van der Waals surface area contributed by atoms with Crippen molar-refractivity contribution >= 4 is 34.9 Å². The number of aromatic nitrogens is 2. The Labute approximate surface area is 200 Å². The second-order valence-electron chi connectivity index (χ2n) is 7.54. The summed E-state index contributed by atoms with van der Waals surface area (Å²) in [4.78, 5) is 30.5. The summed E-state index contributed by atoms with van der Waals surface area (Å²) in [5.74, 6) is -0.296. The van der Waals surface area contributed by atoms with E-state index in [-0.39, 0.29) is 17.0 Å². The van der Waals surface area contributed by atoms with Crippen LogP contribution in [0.4, 0.5) is 5.69 Å². The number of halogens is 1. The molecule has 0 aliphatic rings. The van der Waals surface area contributed by atoms with Gasteiger partial charge in [-0.05, 0) is 79.6 Å². The average Bonchev–Trinajstić information content (AvgIpc) is 2.83. The maximum absolute atomic E-state index is 13.2. The molecule has 2 heterocycles. The first kappa shape index (κ1) is 22.8. The van der Waals surface area contributed by atoms with Gasteiger partial charge in [0.25, 0.3) is 11.5 Å². The third-order valence-corrected chi connectivity index (χ3v) is 5.43. The average molecular weight is 471 g/mol. The number of hydrogen-bond acceptors (Lipinski definition) is 5. The van der Waals surface area contributed by atoms with E-state index in [0.29, 0.717) is 22.1 Å². The standard InChI is InChI=1S/C26H19ClN4O3/c1-16-6-9-20(13-17(16)2)29-24(32)18(15-28)14-22-25(34-21-10-7-19(27)8-11-21)30-23-5-3-4-12-31(23)26(22)33/h3-14H,1-2H3,(H,29,32)/b18-14+. The lowest BCUT2D eigenvalue weighted by Gasteiger charge is -2.11. The zero-order valence-electron chi connectivity index (χ0n) is 18.4. The molecular formula is C26H19ClN4O3. The van der Waals surface area contributed by atoms with Crippen LogP contribution in [0.2, 0.25) is 5.02 Å². The molecule has 4 aromatic rings. The third-order valence-electron chi connectivity index (χ3n) is 5.18. The number of aryl methyl sites for hydroxylation is 2. The zero-order valence-corrected chi connectivity index (χ0v) is 19.1. The van der Waals surface area contributed by atoms with Crippen LogP contribution in [0.3, 0.4) is 0 Å². The van der Waals surface area contributed by atoms with Gasteiger partial charge < -0.3 is 10.1 Å². The number of anilines is 1. The van der Waals surface area contributed by atoms with Gasteiger partial charge in [0, 0.05) is 16.9 Å². The van der Waals surface area contributed by atoms with E-state index in [2.05, 4.69) is 10.3 Å². The minimum Gasteiger partial charge on any atom is -0.438 e. The predicted octanol–water partition coefficient (Wildman–Crippen LogP) is 5.30. The van der Waals surface area contributed by atoms with Crippen molar-refractivity contribution in [2.75, 3.05) is 5.32 Å². The molecule has 0 unspecified atom stereocenters. The Hall–Kier alpha value is -4.41. The van der Waals surface area contributed by atoms with E-state index in [1.165, 1.54) is 10.5 Å². The number of carbonyl (C=O) groups excluding carboxylic acids is 1.